The van der Waals surface area contributed by atoms with Crippen LogP contribution in [0, 0.1) is 0 Å². The largest absolute Gasteiger partial charge is 0.497 e. The van der Waals surface area contributed by atoms with Crippen molar-refractivity contribution >= 4 is 11.9 Å². The zero-order valence-corrected chi connectivity index (χ0v) is 16.4. The van der Waals surface area contributed by atoms with Crippen LogP contribution in [0.5, 0.6) is 28.7 Å². The number of carbonyl (C=O) groups excluding carboxylic acids is 1. The number of ether oxygens (including phenoxy) is 4. The molecular weight excluding hydrogens is 388 g/mol. The van der Waals surface area contributed by atoms with Crippen molar-refractivity contribution in [1.29, 1.82) is 0 Å². The number of hydrogen-bond acceptors (Lipinski definition) is 6. The van der Waals surface area contributed by atoms with Crippen LogP contribution in [0.4, 0.5) is 0 Å². The Bertz CT molecular complexity index is 993. The van der Waals surface area contributed by atoms with Crippen LogP contribution in [-0.2, 0) is 9.59 Å². The highest BCUT2D eigenvalue weighted by Gasteiger charge is 2.30. The molecule has 1 N–H and O–H groups in total. The maximum absolute atomic E-state index is 12.5. The molecule has 0 aliphatic heterocycles. The molecule has 0 amide bonds. The zero-order chi connectivity index (χ0) is 21.5. The van der Waals surface area contributed by atoms with Gasteiger partial charge in [0.05, 0.1) is 14.2 Å². The molecule has 0 bridgehead atoms. The number of carboxylic acid groups (broad SMARTS) is 1. The minimum Gasteiger partial charge on any atom is -0.497 e. The molecule has 0 spiro atoms. The first-order chi connectivity index (χ1) is 14.5. The molecule has 1 atom stereocenters. The van der Waals surface area contributed by atoms with Gasteiger partial charge in [-0.1, -0.05) is 12.1 Å². The molecular formula is C23H20O7. The summed E-state index contributed by atoms with van der Waals surface area (Å²) in [6, 6.07) is 19.5. The van der Waals surface area contributed by atoms with Gasteiger partial charge in [-0.25, -0.2) is 0 Å². The number of esters is 1. The molecule has 0 unspecified atom stereocenters. The lowest BCUT2D eigenvalue weighted by Gasteiger charge is -2.13. The first kappa shape index (κ1) is 20.7. The number of carbonyl (C=O) groups is 2. The highest BCUT2D eigenvalue weighted by molar-refractivity contribution is 6.00. The fraction of sp³-hybridized carbons (Fsp3) is 0.130. The molecule has 0 saturated heterocycles. The molecule has 3 rings (SSSR count). The first-order valence-electron chi connectivity index (χ1n) is 9.00. The van der Waals surface area contributed by atoms with Gasteiger partial charge in [-0.05, 0) is 66.2 Å². The van der Waals surface area contributed by atoms with E-state index in [-0.39, 0.29) is 11.3 Å². The summed E-state index contributed by atoms with van der Waals surface area (Å²) in [5, 5.41) is 9.55. The third-order valence-electron chi connectivity index (χ3n) is 4.27. The molecule has 0 fully saturated rings. The van der Waals surface area contributed by atoms with Crippen molar-refractivity contribution in [2.45, 2.75) is 5.92 Å². The Labute approximate surface area is 173 Å². The van der Waals surface area contributed by atoms with Gasteiger partial charge in [-0.2, -0.15) is 0 Å². The fourth-order valence-electron chi connectivity index (χ4n) is 2.71. The Balaban J connectivity index is 1.71. The Kier molecular flexibility index (Phi) is 6.54. The summed E-state index contributed by atoms with van der Waals surface area (Å²) in [7, 11) is 3.09. The van der Waals surface area contributed by atoms with E-state index in [0.29, 0.717) is 23.0 Å². The minimum atomic E-state index is -1.47. The molecule has 0 aliphatic carbocycles. The molecule has 30 heavy (non-hydrogen) atoms. The monoisotopic (exact) mass is 408 g/mol. The van der Waals surface area contributed by atoms with E-state index >= 15 is 0 Å². The number of carboxylic acids is 1. The van der Waals surface area contributed by atoms with Gasteiger partial charge in [-0.15, -0.1) is 0 Å². The van der Waals surface area contributed by atoms with E-state index in [4.69, 9.17) is 18.9 Å². The smallest absolute Gasteiger partial charge is 0.330 e. The van der Waals surface area contributed by atoms with Gasteiger partial charge >= 0.3 is 11.9 Å². The summed E-state index contributed by atoms with van der Waals surface area (Å²) >= 11 is 0. The number of hydrogen-bond donors (Lipinski definition) is 1. The van der Waals surface area contributed by atoms with Gasteiger partial charge in [0.1, 0.15) is 28.7 Å². The van der Waals surface area contributed by atoms with E-state index in [1.165, 1.54) is 31.4 Å². The standard InChI is InChI=1S/C23H20O7/c1-27-16-7-11-19(12-8-16)29-18-5-3-15(4-6-18)21(22(24)25)23(26)30-20-13-9-17(28-2)10-14-20/h3-14,21H,1-2H3,(H,24,25)/t21-/m0/s1. The summed E-state index contributed by atoms with van der Waals surface area (Å²) in [4.78, 5) is 24.2. The molecule has 0 radical (unpaired) electrons. The van der Waals surface area contributed by atoms with Crippen LogP contribution in [0.2, 0.25) is 0 Å². The van der Waals surface area contributed by atoms with E-state index in [2.05, 4.69) is 0 Å². The molecule has 0 saturated carbocycles. The maximum atomic E-state index is 12.5. The lowest BCUT2D eigenvalue weighted by molar-refractivity contribution is -0.148. The van der Waals surface area contributed by atoms with Gasteiger partial charge in [0.15, 0.2) is 5.92 Å². The van der Waals surface area contributed by atoms with Gasteiger partial charge in [0.2, 0.25) is 0 Å². The predicted molar refractivity (Wildman–Crippen MR) is 109 cm³/mol. The quantitative estimate of drug-likeness (QED) is 0.338. The fourth-order valence-corrected chi connectivity index (χ4v) is 2.71. The van der Waals surface area contributed by atoms with E-state index in [1.807, 2.05) is 0 Å². The van der Waals surface area contributed by atoms with Crippen molar-refractivity contribution in [3.05, 3.63) is 78.4 Å². The highest BCUT2D eigenvalue weighted by Crippen LogP contribution is 2.27. The average Bonchev–Trinajstić information content (AvgIpc) is 2.76. The van der Waals surface area contributed by atoms with Crippen LogP contribution in [0.3, 0.4) is 0 Å². The summed E-state index contributed by atoms with van der Waals surface area (Å²) in [6.45, 7) is 0. The molecule has 3 aromatic rings. The summed E-state index contributed by atoms with van der Waals surface area (Å²) in [5.74, 6) is -1.05. The van der Waals surface area contributed by atoms with Gasteiger partial charge in [0.25, 0.3) is 0 Å². The van der Waals surface area contributed by atoms with Crippen molar-refractivity contribution in [2.24, 2.45) is 0 Å². The van der Waals surface area contributed by atoms with Gasteiger partial charge in [-0.3, -0.25) is 9.59 Å². The molecule has 0 aromatic heterocycles. The lowest BCUT2D eigenvalue weighted by Crippen LogP contribution is -2.26. The maximum Gasteiger partial charge on any atom is 0.330 e. The molecule has 7 nitrogen and oxygen atoms in total. The van der Waals surface area contributed by atoms with Crippen LogP contribution in [0.25, 0.3) is 0 Å². The number of aliphatic carboxylic acids is 1. The Hall–Kier alpha value is -4.00. The molecule has 154 valence electrons. The highest BCUT2D eigenvalue weighted by atomic mass is 16.5. The third kappa shape index (κ3) is 5.08. The van der Waals surface area contributed by atoms with Crippen LogP contribution < -0.4 is 18.9 Å². The Morgan fingerprint density at radius 2 is 1.07 bits per heavy atom. The van der Waals surface area contributed by atoms with Crippen molar-refractivity contribution in [2.75, 3.05) is 14.2 Å². The van der Waals surface area contributed by atoms with E-state index in [0.717, 1.165) is 0 Å². The lowest BCUT2D eigenvalue weighted by atomic mass is 9.99. The van der Waals surface area contributed by atoms with Crippen molar-refractivity contribution < 1.29 is 33.6 Å². The number of methoxy groups -OCH3 is 2. The topological polar surface area (TPSA) is 91.3 Å². The van der Waals surface area contributed by atoms with Gasteiger partial charge in [0, 0.05) is 0 Å². The minimum absolute atomic E-state index is 0.228. The Morgan fingerprint density at radius 3 is 1.50 bits per heavy atom. The second-order valence-electron chi connectivity index (χ2n) is 6.21. The molecule has 0 aliphatic rings. The van der Waals surface area contributed by atoms with Crippen LogP contribution in [0.15, 0.2) is 72.8 Å². The predicted octanol–water partition coefficient (Wildman–Crippen LogP) is 4.27. The van der Waals surface area contributed by atoms with Crippen LogP contribution >= 0.6 is 0 Å². The van der Waals surface area contributed by atoms with E-state index in [1.54, 1.807) is 55.6 Å². The van der Waals surface area contributed by atoms with Crippen molar-refractivity contribution in [3.8, 4) is 28.7 Å². The van der Waals surface area contributed by atoms with Crippen molar-refractivity contribution in [1.82, 2.24) is 0 Å². The second-order valence-corrected chi connectivity index (χ2v) is 6.21. The summed E-state index contributed by atoms with van der Waals surface area (Å²) in [5.41, 5.74) is 0.281. The average molecular weight is 408 g/mol. The van der Waals surface area contributed by atoms with Crippen LogP contribution in [-0.4, -0.2) is 31.3 Å². The zero-order valence-electron chi connectivity index (χ0n) is 16.4. The second kappa shape index (κ2) is 9.47. The summed E-state index contributed by atoms with van der Waals surface area (Å²) < 4.78 is 21.1. The third-order valence-corrected chi connectivity index (χ3v) is 4.27. The Morgan fingerprint density at radius 1 is 0.667 bits per heavy atom. The number of benzene rings is 3. The molecule has 0 heterocycles. The molecule has 3 aromatic carbocycles. The SMILES string of the molecule is COc1ccc(OC(=O)[C@H](C(=O)O)c2ccc(Oc3ccc(OC)cc3)cc2)cc1. The molecule has 7 heteroatoms. The normalized spacial score (nSPS) is 11.3. The van der Waals surface area contributed by atoms with E-state index in [9.17, 15) is 14.7 Å². The first-order valence-corrected chi connectivity index (χ1v) is 9.00. The summed E-state index contributed by atoms with van der Waals surface area (Å²) in [6.07, 6.45) is 0. The van der Waals surface area contributed by atoms with Crippen molar-refractivity contribution in [3.63, 3.8) is 0 Å². The van der Waals surface area contributed by atoms with E-state index < -0.39 is 17.9 Å². The number of rotatable bonds is 8. The van der Waals surface area contributed by atoms with Gasteiger partial charge < -0.3 is 24.1 Å². The van der Waals surface area contributed by atoms with Crippen LogP contribution in [0.1, 0.15) is 11.5 Å².